The average molecular weight is 327 g/mol. The van der Waals surface area contributed by atoms with E-state index in [0.29, 0.717) is 23.9 Å². The van der Waals surface area contributed by atoms with Crippen molar-refractivity contribution in [3.05, 3.63) is 29.3 Å². The van der Waals surface area contributed by atoms with E-state index in [0.717, 1.165) is 0 Å². The molecule has 1 aromatic carbocycles. The van der Waals surface area contributed by atoms with Crippen LogP contribution in [0.15, 0.2) is 24.3 Å². The molecule has 6 heteroatoms. The van der Waals surface area contributed by atoms with E-state index in [2.05, 4.69) is 5.32 Å². The Balaban J connectivity index is 2.50. The van der Waals surface area contributed by atoms with Gasteiger partial charge in [0.25, 0.3) is 0 Å². The van der Waals surface area contributed by atoms with E-state index < -0.39 is 6.04 Å². The molecule has 0 fully saturated rings. The van der Waals surface area contributed by atoms with E-state index in [1.54, 1.807) is 30.1 Å². The number of nitrogens with one attached hydrogen (secondary N) is 1. The van der Waals surface area contributed by atoms with E-state index >= 15 is 0 Å². The molecule has 1 aromatic rings. The van der Waals surface area contributed by atoms with Crippen molar-refractivity contribution in [2.75, 3.05) is 20.2 Å². The van der Waals surface area contributed by atoms with Gasteiger partial charge in [-0.3, -0.25) is 9.59 Å². The zero-order chi connectivity index (χ0) is 16.7. The first-order valence-corrected chi connectivity index (χ1v) is 7.59. The zero-order valence-corrected chi connectivity index (χ0v) is 14.2. The molecular formula is C16H23ClN2O3. The van der Waals surface area contributed by atoms with Gasteiger partial charge >= 0.3 is 0 Å². The molecule has 122 valence electrons. The van der Waals surface area contributed by atoms with Crippen LogP contribution in [0.4, 0.5) is 0 Å². The first kappa shape index (κ1) is 18.3. The lowest BCUT2D eigenvalue weighted by atomic mass is 10.0. The van der Waals surface area contributed by atoms with Crippen molar-refractivity contribution in [3.8, 4) is 5.75 Å². The summed E-state index contributed by atoms with van der Waals surface area (Å²) in [5.74, 6) is 0.346. The van der Waals surface area contributed by atoms with Crippen molar-refractivity contribution in [2.45, 2.75) is 26.8 Å². The van der Waals surface area contributed by atoms with Crippen molar-refractivity contribution < 1.29 is 14.3 Å². The third-order valence-corrected chi connectivity index (χ3v) is 3.39. The number of likely N-dealkylation sites (N-methyl/N-ethyl adjacent to an activating group) is 1. The molecular weight excluding hydrogens is 304 g/mol. The van der Waals surface area contributed by atoms with Crippen LogP contribution in [0.5, 0.6) is 5.75 Å². The SMILES string of the molecule is CC(=O)NC(C(=O)N(C)CCOc1cccc(Cl)c1)C(C)C. The fourth-order valence-electron chi connectivity index (χ4n) is 1.94. The summed E-state index contributed by atoms with van der Waals surface area (Å²) in [4.78, 5) is 25.1. The molecule has 22 heavy (non-hydrogen) atoms. The number of nitrogens with zero attached hydrogens (tertiary/aromatic N) is 1. The third kappa shape index (κ3) is 5.93. The van der Waals surface area contributed by atoms with Crippen molar-refractivity contribution in [1.29, 1.82) is 0 Å². The lowest BCUT2D eigenvalue weighted by Gasteiger charge is -2.26. The maximum atomic E-state index is 12.4. The summed E-state index contributed by atoms with van der Waals surface area (Å²) in [6.45, 7) is 5.98. The van der Waals surface area contributed by atoms with E-state index in [1.165, 1.54) is 6.92 Å². The highest BCUT2D eigenvalue weighted by molar-refractivity contribution is 6.30. The largest absolute Gasteiger partial charge is 0.492 e. The van der Waals surface area contributed by atoms with Gasteiger partial charge in [-0.2, -0.15) is 0 Å². The highest BCUT2D eigenvalue weighted by Gasteiger charge is 2.25. The van der Waals surface area contributed by atoms with Crippen molar-refractivity contribution in [3.63, 3.8) is 0 Å². The van der Waals surface area contributed by atoms with Gasteiger partial charge < -0.3 is 15.0 Å². The van der Waals surface area contributed by atoms with E-state index in [1.807, 2.05) is 19.9 Å². The van der Waals surface area contributed by atoms with Gasteiger partial charge in [0.05, 0.1) is 6.54 Å². The quantitative estimate of drug-likeness (QED) is 0.836. The molecule has 1 unspecified atom stereocenters. The molecule has 0 heterocycles. The van der Waals surface area contributed by atoms with Gasteiger partial charge in [-0.1, -0.05) is 31.5 Å². The van der Waals surface area contributed by atoms with Crippen LogP contribution in [0.1, 0.15) is 20.8 Å². The van der Waals surface area contributed by atoms with Gasteiger partial charge in [-0.05, 0) is 24.1 Å². The number of halogens is 1. The van der Waals surface area contributed by atoms with Crippen LogP contribution >= 0.6 is 11.6 Å². The molecule has 0 aromatic heterocycles. The van der Waals surface area contributed by atoms with Gasteiger partial charge in [-0.15, -0.1) is 0 Å². The molecule has 0 bridgehead atoms. The molecule has 0 aliphatic rings. The molecule has 0 aliphatic heterocycles. The second kappa shape index (κ2) is 8.63. The fraction of sp³-hybridized carbons (Fsp3) is 0.500. The number of ether oxygens (including phenoxy) is 1. The normalized spacial score (nSPS) is 11.9. The number of rotatable bonds is 7. The number of amides is 2. The Bertz CT molecular complexity index is 520. The molecule has 1 N–H and O–H groups in total. The Hall–Kier alpha value is -1.75. The van der Waals surface area contributed by atoms with E-state index in [-0.39, 0.29) is 17.7 Å². The summed E-state index contributed by atoms with van der Waals surface area (Å²) in [5, 5.41) is 3.29. The zero-order valence-electron chi connectivity index (χ0n) is 13.4. The Morgan fingerprint density at radius 2 is 2.05 bits per heavy atom. The Labute approximate surface area is 136 Å². The van der Waals surface area contributed by atoms with Gasteiger partial charge in [-0.25, -0.2) is 0 Å². The van der Waals surface area contributed by atoms with Gasteiger partial charge in [0, 0.05) is 19.0 Å². The number of hydrogen-bond acceptors (Lipinski definition) is 3. The lowest BCUT2D eigenvalue weighted by Crippen LogP contribution is -2.50. The summed E-state index contributed by atoms with van der Waals surface area (Å²) >= 11 is 5.88. The second-order valence-electron chi connectivity index (χ2n) is 5.49. The van der Waals surface area contributed by atoms with Crippen LogP contribution < -0.4 is 10.1 Å². The van der Waals surface area contributed by atoms with Gasteiger partial charge in [0.15, 0.2) is 0 Å². The second-order valence-corrected chi connectivity index (χ2v) is 5.92. The molecule has 1 atom stereocenters. The Morgan fingerprint density at radius 3 is 2.59 bits per heavy atom. The van der Waals surface area contributed by atoms with Gasteiger partial charge in [0.1, 0.15) is 18.4 Å². The van der Waals surface area contributed by atoms with Crippen LogP contribution in [0.25, 0.3) is 0 Å². The van der Waals surface area contributed by atoms with E-state index in [9.17, 15) is 9.59 Å². The minimum atomic E-state index is -0.520. The van der Waals surface area contributed by atoms with Crippen LogP contribution in [0.2, 0.25) is 5.02 Å². The molecule has 0 saturated heterocycles. The topological polar surface area (TPSA) is 58.6 Å². The number of carbonyl (C=O) groups excluding carboxylic acids is 2. The van der Waals surface area contributed by atoms with Crippen molar-refractivity contribution in [2.24, 2.45) is 5.92 Å². The van der Waals surface area contributed by atoms with Crippen molar-refractivity contribution >= 4 is 23.4 Å². The highest BCUT2D eigenvalue weighted by atomic mass is 35.5. The third-order valence-electron chi connectivity index (χ3n) is 3.16. The molecule has 0 aliphatic carbocycles. The summed E-state index contributed by atoms with van der Waals surface area (Å²) in [5.41, 5.74) is 0. The summed E-state index contributed by atoms with van der Waals surface area (Å²) < 4.78 is 5.56. The van der Waals surface area contributed by atoms with E-state index in [4.69, 9.17) is 16.3 Å². The maximum absolute atomic E-state index is 12.4. The van der Waals surface area contributed by atoms with Crippen molar-refractivity contribution in [1.82, 2.24) is 10.2 Å². The number of hydrogen-bond donors (Lipinski definition) is 1. The molecule has 1 rings (SSSR count). The highest BCUT2D eigenvalue weighted by Crippen LogP contribution is 2.17. The Morgan fingerprint density at radius 1 is 1.36 bits per heavy atom. The molecule has 0 spiro atoms. The molecule has 0 saturated carbocycles. The monoisotopic (exact) mass is 326 g/mol. The predicted molar refractivity (Wildman–Crippen MR) is 87.0 cm³/mol. The number of benzene rings is 1. The Kier molecular flexibility index (Phi) is 7.18. The fourth-order valence-corrected chi connectivity index (χ4v) is 2.12. The summed E-state index contributed by atoms with van der Waals surface area (Å²) in [7, 11) is 1.70. The first-order valence-electron chi connectivity index (χ1n) is 7.21. The standard InChI is InChI=1S/C16H23ClN2O3/c1-11(2)15(18-12(3)20)16(21)19(4)8-9-22-14-7-5-6-13(17)10-14/h5-7,10-11,15H,8-9H2,1-4H3,(H,18,20). The smallest absolute Gasteiger partial charge is 0.245 e. The van der Waals surface area contributed by atoms with Crippen LogP contribution in [0, 0.1) is 5.92 Å². The average Bonchev–Trinajstić information content (AvgIpc) is 2.43. The molecule has 5 nitrogen and oxygen atoms in total. The van der Waals surface area contributed by atoms with Crippen LogP contribution in [-0.4, -0.2) is 43.0 Å². The number of carbonyl (C=O) groups is 2. The lowest BCUT2D eigenvalue weighted by molar-refractivity contribution is -0.136. The summed E-state index contributed by atoms with van der Waals surface area (Å²) in [6.07, 6.45) is 0. The van der Waals surface area contributed by atoms with Crippen LogP contribution in [-0.2, 0) is 9.59 Å². The maximum Gasteiger partial charge on any atom is 0.245 e. The van der Waals surface area contributed by atoms with Gasteiger partial charge in [0.2, 0.25) is 11.8 Å². The minimum absolute atomic E-state index is 0.0210. The first-order chi connectivity index (χ1) is 10.3. The molecule has 2 amide bonds. The minimum Gasteiger partial charge on any atom is -0.492 e. The molecule has 0 radical (unpaired) electrons. The summed E-state index contributed by atoms with van der Waals surface area (Å²) in [6, 6.07) is 6.58. The van der Waals surface area contributed by atoms with Crippen LogP contribution in [0.3, 0.4) is 0 Å². The predicted octanol–water partition coefficient (Wildman–Crippen LogP) is 2.34.